The summed E-state index contributed by atoms with van der Waals surface area (Å²) in [6.07, 6.45) is 0.0745. The molecule has 8 heteroatoms. The third-order valence-corrected chi connectivity index (χ3v) is 2.69. The highest BCUT2D eigenvalue weighted by molar-refractivity contribution is 5.82. The van der Waals surface area contributed by atoms with Crippen molar-refractivity contribution in [3.63, 3.8) is 0 Å². The number of alkyl carbamates (subject to hydrolysis) is 1. The molecule has 0 radical (unpaired) electrons. The van der Waals surface area contributed by atoms with Gasteiger partial charge in [-0.15, -0.1) is 0 Å². The molecule has 8 nitrogen and oxygen atoms in total. The molecule has 1 fully saturated rings. The van der Waals surface area contributed by atoms with E-state index in [1.54, 1.807) is 0 Å². The van der Waals surface area contributed by atoms with Crippen LogP contribution in [0.3, 0.4) is 0 Å². The van der Waals surface area contributed by atoms with E-state index >= 15 is 0 Å². The lowest BCUT2D eigenvalue weighted by atomic mass is 10.3. The Morgan fingerprint density at radius 3 is 2.67 bits per heavy atom. The summed E-state index contributed by atoms with van der Waals surface area (Å²) in [5, 5.41) is 13.6. The maximum atomic E-state index is 11.7. The number of carbonyl (C=O) groups is 3. The van der Waals surface area contributed by atoms with E-state index in [-0.39, 0.29) is 6.04 Å². The zero-order valence-corrected chi connectivity index (χ0v) is 10.3. The van der Waals surface area contributed by atoms with Crippen molar-refractivity contribution < 1.29 is 24.2 Å². The maximum Gasteiger partial charge on any atom is 0.407 e. The number of nitrogens with one attached hydrogen (secondary N) is 2. The fourth-order valence-electron chi connectivity index (χ4n) is 1.63. The third-order valence-electron chi connectivity index (χ3n) is 2.69. The first kappa shape index (κ1) is 14.1. The number of aliphatic carboxylic acids is 1. The molecule has 3 amide bonds. The van der Waals surface area contributed by atoms with Gasteiger partial charge < -0.3 is 25.4 Å². The Kier molecular flexibility index (Phi) is 4.75. The molecule has 3 N–H and O–H groups in total. The average molecular weight is 259 g/mol. The van der Waals surface area contributed by atoms with Gasteiger partial charge in [-0.05, 0) is 13.3 Å². The van der Waals surface area contributed by atoms with Gasteiger partial charge in [0.1, 0.15) is 6.04 Å². The van der Waals surface area contributed by atoms with E-state index in [0.29, 0.717) is 19.5 Å². The van der Waals surface area contributed by atoms with E-state index in [4.69, 9.17) is 5.11 Å². The topological polar surface area (TPSA) is 108 Å². The summed E-state index contributed by atoms with van der Waals surface area (Å²) < 4.78 is 4.46. The van der Waals surface area contributed by atoms with Crippen LogP contribution in [0.2, 0.25) is 0 Å². The van der Waals surface area contributed by atoms with Crippen molar-refractivity contribution in [2.24, 2.45) is 0 Å². The largest absolute Gasteiger partial charge is 0.480 e. The normalized spacial score (nSPS) is 20.1. The minimum Gasteiger partial charge on any atom is -0.480 e. The van der Waals surface area contributed by atoms with Gasteiger partial charge in [0.2, 0.25) is 0 Å². The van der Waals surface area contributed by atoms with Gasteiger partial charge in [0.05, 0.1) is 13.2 Å². The van der Waals surface area contributed by atoms with Crippen molar-refractivity contribution in [2.75, 3.05) is 20.2 Å². The average Bonchev–Trinajstić information content (AvgIpc) is 2.77. The molecule has 0 aliphatic carbocycles. The number of carboxylic acid groups (broad SMARTS) is 1. The second kappa shape index (κ2) is 6.08. The standard InChI is InChI=1S/C10H17N3O5/c1-6(8(14)15)11-9(16)13-4-3-7(5-13)12-10(17)18-2/h6-7H,3-5H2,1-2H3,(H,11,16)(H,12,17)(H,14,15)/t6-,7?/m1/s1. The van der Waals surface area contributed by atoms with Crippen molar-refractivity contribution in [3.8, 4) is 0 Å². The number of carboxylic acids is 1. The summed E-state index contributed by atoms with van der Waals surface area (Å²) in [4.78, 5) is 34.7. The first-order chi connectivity index (χ1) is 8.43. The maximum absolute atomic E-state index is 11.7. The van der Waals surface area contributed by atoms with Gasteiger partial charge in [-0.25, -0.2) is 9.59 Å². The van der Waals surface area contributed by atoms with Crippen LogP contribution < -0.4 is 10.6 Å². The summed E-state index contributed by atoms with van der Waals surface area (Å²) in [6, 6.07) is -1.55. The second-order valence-electron chi connectivity index (χ2n) is 4.08. The highest BCUT2D eigenvalue weighted by atomic mass is 16.5. The Balaban J connectivity index is 2.39. The number of nitrogens with zero attached hydrogens (tertiary/aromatic N) is 1. The predicted octanol–water partition coefficient (Wildman–Crippen LogP) is -0.401. The number of likely N-dealkylation sites (tertiary alicyclic amines) is 1. The van der Waals surface area contributed by atoms with Gasteiger partial charge in [0.25, 0.3) is 0 Å². The molecule has 1 aliphatic heterocycles. The number of ether oxygens (including phenoxy) is 1. The summed E-state index contributed by atoms with van der Waals surface area (Å²) in [7, 11) is 1.27. The van der Waals surface area contributed by atoms with Crippen molar-refractivity contribution in [2.45, 2.75) is 25.4 Å². The van der Waals surface area contributed by atoms with Crippen LogP contribution in [0.4, 0.5) is 9.59 Å². The van der Waals surface area contributed by atoms with Crippen molar-refractivity contribution in [3.05, 3.63) is 0 Å². The van der Waals surface area contributed by atoms with Crippen LogP contribution in [0.5, 0.6) is 0 Å². The molecule has 0 spiro atoms. The molecular weight excluding hydrogens is 242 g/mol. The Hall–Kier alpha value is -1.99. The molecule has 1 aliphatic rings. The van der Waals surface area contributed by atoms with Crippen LogP contribution in [0.1, 0.15) is 13.3 Å². The summed E-state index contributed by atoms with van der Waals surface area (Å²) in [5.41, 5.74) is 0. The van der Waals surface area contributed by atoms with Crippen LogP contribution in [0.15, 0.2) is 0 Å². The highest BCUT2D eigenvalue weighted by Crippen LogP contribution is 2.09. The molecule has 1 saturated heterocycles. The number of hydrogen-bond acceptors (Lipinski definition) is 4. The molecule has 1 rings (SSSR count). The molecule has 2 atom stereocenters. The van der Waals surface area contributed by atoms with E-state index < -0.39 is 24.1 Å². The molecule has 0 saturated carbocycles. The molecule has 0 bridgehead atoms. The Bertz CT molecular complexity index is 346. The first-order valence-corrected chi connectivity index (χ1v) is 5.56. The Morgan fingerprint density at radius 2 is 2.11 bits per heavy atom. The number of rotatable bonds is 3. The molecule has 0 aromatic carbocycles. The van der Waals surface area contributed by atoms with E-state index in [1.165, 1.54) is 18.9 Å². The van der Waals surface area contributed by atoms with Gasteiger partial charge in [0, 0.05) is 13.1 Å². The smallest absolute Gasteiger partial charge is 0.407 e. The van der Waals surface area contributed by atoms with Crippen LogP contribution >= 0.6 is 0 Å². The van der Waals surface area contributed by atoms with Crippen LogP contribution in [0.25, 0.3) is 0 Å². The molecule has 102 valence electrons. The van der Waals surface area contributed by atoms with Gasteiger partial charge in [0.15, 0.2) is 0 Å². The molecule has 18 heavy (non-hydrogen) atoms. The SMILES string of the molecule is COC(=O)NC1CCN(C(=O)N[C@H](C)C(=O)O)C1. The molecular formula is C10H17N3O5. The molecule has 0 aromatic rings. The Labute approximate surface area is 104 Å². The number of urea groups is 1. The molecule has 1 heterocycles. The monoisotopic (exact) mass is 259 g/mol. The summed E-state index contributed by atoms with van der Waals surface area (Å²) >= 11 is 0. The quantitative estimate of drug-likeness (QED) is 0.639. The molecule has 0 aromatic heterocycles. The summed E-state index contributed by atoms with van der Waals surface area (Å²) in [5.74, 6) is -1.09. The fraction of sp³-hybridized carbons (Fsp3) is 0.700. The zero-order valence-electron chi connectivity index (χ0n) is 10.3. The minimum absolute atomic E-state index is 0.164. The van der Waals surface area contributed by atoms with Gasteiger partial charge in [-0.2, -0.15) is 0 Å². The van der Waals surface area contributed by atoms with E-state index in [0.717, 1.165) is 0 Å². The van der Waals surface area contributed by atoms with Crippen molar-refractivity contribution in [1.82, 2.24) is 15.5 Å². The second-order valence-corrected chi connectivity index (χ2v) is 4.08. The third kappa shape index (κ3) is 3.79. The van der Waals surface area contributed by atoms with Gasteiger partial charge in [-0.1, -0.05) is 0 Å². The number of methoxy groups -OCH3 is 1. The van der Waals surface area contributed by atoms with E-state index in [2.05, 4.69) is 15.4 Å². The zero-order chi connectivity index (χ0) is 13.7. The predicted molar refractivity (Wildman–Crippen MR) is 61.1 cm³/mol. The van der Waals surface area contributed by atoms with Gasteiger partial charge >= 0.3 is 18.1 Å². The van der Waals surface area contributed by atoms with Crippen molar-refractivity contribution in [1.29, 1.82) is 0 Å². The van der Waals surface area contributed by atoms with Crippen molar-refractivity contribution >= 4 is 18.1 Å². The lowest BCUT2D eigenvalue weighted by Gasteiger charge is -2.19. The van der Waals surface area contributed by atoms with Crippen LogP contribution in [-0.4, -0.2) is 60.4 Å². The van der Waals surface area contributed by atoms with Crippen LogP contribution in [0, 0.1) is 0 Å². The molecule has 1 unspecified atom stereocenters. The first-order valence-electron chi connectivity index (χ1n) is 5.56. The number of amides is 3. The number of hydrogen-bond donors (Lipinski definition) is 3. The van der Waals surface area contributed by atoms with Crippen LogP contribution in [-0.2, 0) is 9.53 Å². The Morgan fingerprint density at radius 1 is 1.44 bits per heavy atom. The highest BCUT2D eigenvalue weighted by Gasteiger charge is 2.28. The lowest BCUT2D eigenvalue weighted by molar-refractivity contribution is -0.138. The number of carbonyl (C=O) groups excluding carboxylic acids is 2. The summed E-state index contributed by atoms with van der Waals surface area (Å²) in [6.45, 7) is 2.20. The van der Waals surface area contributed by atoms with E-state index in [1.807, 2.05) is 0 Å². The fourth-order valence-corrected chi connectivity index (χ4v) is 1.63. The lowest BCUT2D eigenvalue weighted by Crippen LogP contribution is -2.47. The van der Waals surface area contributed by atoms with Gasteiger partial charge in [-0.3, -0.25) is 4.79 Å². The van der Waals surface area contributed by atoms with E-state index in [9.17, 15) is 14.4 Å². The minimum atomic E-state index is -1.09.